The Hall–Kier alpha value is -1.92. The number of nitrogens with one attached hydrogen (secondary N) is 1. The summed E-state index contributed by atoms with van der Waals surface area (Å²) in [6, 6.07) is 8.00. The molecule has 0 aliphatic carbocycles. The van der Waals surface area contributed by atoms with Gasteiger partial charge < -0.3 is 10.1 Å². The first-order valence-corrected chi connectivity index (χ1v) is 9.79. The van der Waals surface area contributed by atoms with Gasteiger partial charge in [0.25, 0.3) is 0 Å². The molecule has 1 amide bonds. The van der Waals surface area contributed by atoms with E-state index in [-0.39, 0.29) is 11.4 Å². The smallest absolute Gasteiger partial charge is 0.234 e. The quantitative estimate of drug-likeness (QED) is 0.763. The highest BCUT2D eigenvalue weighted by Gasteiger charge is 2.17. The minimum absolute atomic E-state index is 0.0394. The number of aromatic nitrogens is 1. The van der Waals surface area contributed by atoms with Crippen LogP contribution in [0.5, 0.6) is 5.75 Å². The number of hydrogen-bond acceptors (Lipinski definition) is 5. The van der Waals surface area contributed by atoms with Crippen LogP contribution in [0, 0.1) is 6.92 Å². The van der Waals surface area contributed by atoms with E-state index in [2.05, 4.69) is 29.0 Å². The first kappa shape index (κ1) is 20.4. The maximum atomic E-state index is 12.1. The number of rotatable bonds is 8. The molecule has 0 saturated heterocycles. The van der Waals surface area contributed by atoms with Crippen molar-refractivity contribution in [3.8, 4) is 5.75 Å². The highest BCUT2D eigenvalue weighted by Crippen LogP contribution is 2.17. The molecule has 0 spiro atoms. The molecule has 26 heavy (non-hydrogen) atoms. The first-order chi connectivity index (χ1) is 12.2. The SMILES string of the molecule is CCN(CC(=O)NC(C)(C)C)Cc1csc(COc2ccc(C)cc2)n1. The van der Waals surface area contributed by atoms with Crippen molar-refractivity contribution in [3.63, 3.8) is 0 Å². The maximum absolute atomic E-state index is 12.1. The number of aryl methyl sites for hydroxylation is 1. The van der Waals surface area contributed by atoms with Crippen LogP contribution in [0.3, 0.4) is 0 Å². The van der Waals surface area contributed by atoms with Gasteiger partial charge in [0.1, 0.15) is 17.4 Å². The maximum Gasteiger partial charge on any atom is 0.234 e. The minimum Gasteiger partial charge on any atom is -0.486 e. The number of thiazole rings is 1. The van der Waals surface area contributed by atoms with Crippen molar-refractivity contribution in [1.29, 1.82) is 0 Å². The lowest BCUT2D eigenvalue weighted by Gasteiger charge is -2.24. The second-order valence-corrected chi connectivity index (χ2v) is 8.38. The molecule has 1 heterocycles. The first-order valence-electron chi connectivity index (χ1n) is 8.91. The van der Waals surface area contributed by atoms with E-state index in [1.165, 1.54) is 5.56 Å². The Balaban J connectivity index is 1.85. The van der Waals surface area contributed by atoms with Crippen LogP contribution >= 0.6 is 11.3 Å². The third-order valence-corrected chi connectivity index (χ3v) is 4.57. The van der Waals surface area contributed by atoms with Crippen LogP contribution < -0.4 is 10.1 Å². The van der Waals surface area contributed by atoms with E-state index in [1.54, 1.807) is 11.3 Å². The average molecular weight is 376 g/mol. The van der Waals surface area contributed by atoms with Crippen molar-refractivity contribution in [2.45, 2.75) is 53.3 Å². The molecule has 2 aromatic rings. The monoisotopic (exact) mass is 375 g/mol. The lowest BCUT2D eigenvalue weighted by Crippen LogP contribution is -2.45. The summed E-state index contributed by atoms with van der Waals surface area (Å²) in [4.78, 5) is 18.8. The molecular formula is C20H29N3O2S. The van der Waals surface area contributed by atoms with Gasteiger partial charge in [0.05, 0.1) is 12.2 Å². The minimum atomic E-state index is -0.211. The Morgan fingerprint density at radius 3 is 2.58 bits per heavy atom. The highest BCUT2D eigenvalue weighted by molar-refractivity contribution is 7.09. The number of likely N-dealkylation sites (N-methyl/N-ethyl adjacent to an activating group) is 1. The summed E-state index contributed by atoms with van der Waals surface area (Å²) in [5.74, 6) is 0.888. The van der Waals surface area contributed by atoms with Crippen molar-refractivity contribution >= 4 is 17.2 Å². The van der Waals surface area contributed by atoms with Crippen LogP contribution in [0.15, 0.2) is 29.6 Å². The summed E-state index contributed by atoms with van der Waals surface area (Å²) < 4.78 is 5.78. The van der Waals surface area contributed by atoms with Gasteiger partial charge in [-0.1, -0.05) is 24.6 Å². The van der Waals surface area contributed by atoms with Gasteiger partial charge in [0, 0.05) is 17.5 Å². The summed E-state index contributed by atoms with van der Waals surface area (Å²) in [7, 11) is 0. The van der Waals surface area contributed by atoms with Gasteiger partial charge in [0.2, 0.25) is 5.91 Å². The Bertz CT molecular complexity index is 705. The van der Waals surface area contributed by atoms with Crippen LogP contribution in [0.1, 0.15) is 44.0 Å². The Morgan fingerprint density at radius 2 is 1.96 bits per heavy atom. The molecule has 0 bridgehead atoms. The lowest BCUT2D eigenvalue weighted by atomic mass is 10.1. The van der Waals surface area contributed by atoms with Crippen molar-refractivity contribution < 1.29 is 9.53 Å². The normalized spacial score (nSPS) is 11.6. The fraction of sp³-hybridized carbons (Fsp3) is 0.500. The van der Waals surface area contributed by atoms with E-state index >= 15 is 0 Å². The molecule has 0 saturated carbocycles. The molecule has 2 rings (SSSR count). The molecule has 0 unspecified atom stereocenters. The van der Waals surface area contributed by atoms with Gasteiger partial charge >= 0.3 is 0 Å². The molecule has 0 aliphatic heterocycles. The molecule has 1 N–H and O–H groups in total. The molecule has 6 heteroatoms. The zero-order chi connectivity index (χ0) is 19.2. The lowest BCUT2D eigenvalue weighted by molar-refractivity contribution is -0.123. The third-order valence-electron chi connectivity index (χ3n) is 3.70. The number of nitrogens with zero attached hydrogens (tertiary/aromatic N) is 2. The van der Waals surface area contributed by atoms with E-state index in [1.807, 2.05) is 50.4 Å². The number of amides is 1. The van der Waals surface area contributed by atoms with Gasteiger partial charge in [-0.3, -0.25) is 9.69 Å². The number of ether oxygens (including phenoxy) is 1. The number of carbonyl (C=O) groups excluding carboxylic acids is 1. The van der Waals surface area contributed by atoms with E-state index in [0.29, 0.717) is 19.7 Å². The van der Waals surface area contributed by atoms with Gasteiger partial charge in [0.15, 0.2) is 0 Å². The predicted octanol–water partition coefficient (Wildman–Crippen LogP) is 3.77. The summed E-state index contributed by atoms with van der Waals surface area (Å²) in [6.45, 7) is 12.4. The molecule has 0 fully saturated rings. The average Bonchev–Trinajstić information content (AvgIpc) is 2.99. The summed E-state index contributed by atoms with van der Waals surface area (Å²) >= 11 is 1.59. The number of carbonyl (C=O) groups is 1. The summed E-state index contributed by atoms with van der Waals surface area (Å²) in [5.41, 5.74) is 1.98. The van der Waals surface area contributed by atoms with E-state index in [4.69, 9.17) is 4.74 Å². The van der Waals surface area contributed by atoms with Gasteiger partial charge in [-0.15, -0.1) is 11.3 Å². The largest absolute Gasteiger partial charge is 0.486 e. The molecule has 0 aliphatic rings. The second kappa shape index (κ2) is 9.14. The van der Waals surface area contributed by atoms with Crippen molar-refractivity contribution in [1.82, 2.24) is 15.2 Å². The molecule has 1 aromatic heterocycles. The van der Waals surface area contributed by atoms with E-state index in [9.17, 15) is 4.79 Å². The molecule has 5 nitrogen and oxygen atoms in total. The van der Waals surface area contributed by atoms with Crippen LogP contribution in [0.25, 0.3) is 0 Å². The number of hydrogen-bond donors (Lipinski definition) is 1. The summed E-state index contributed by atoms with van der Waals surface area (Å²) in [6.07, 6.45) is 0. The Kier molecular flexibility index (Phi) is 7.17. The fourth-order valence-electron chi connectivity index (χ4n) is 2.44. The molecule has 0 radical (unpaired) electrons. The van der Waals surface area contributed by atoms with Crippen molar-refractivity contribution in [2.75, 3.05) is 13.1 Å². The molecular weight excluding hydrogens is 346 g/mol. The van der Waals surface area contributed by atoms with Crippen LogP contribution in [-0.2, 0) is 17.9 Å². The Morgan fingerprint density at radius 1 is 1.27 bits per heavy atom. The predicted molar refractivity (Wildman–Crippen MR) is 106 cm³/mol. The number of benzene rings is 1. The van der Waals surface area contributed by atoms with Gasteiger partial charge in [-0.25, -0.2) is 4.98 Å². The van der Waals surface area contributed by atoms with Crippen LogP contribution in [-0.4, -0.2) is 34.4 Å². The topological polar surface area (TPSA) is 54.5 Å². The van der Waals surface area contributed by atoms with Crippen LogP contribution in [0.4, 0.5) is 0 Å². The standard InChI is InChI=1S/C20H29N3O2S/c1-6-23(12-18(24)22-20(3,4)5)11-16-14-26-19(21-16)13-25-17-9-7-15(2)8-10-17/h7-10,14H,6,11-13H2,1-5H3,(H,22,24). The zero-order valence-corrected chi connectivity index (χ0v) is 17.2. The zero-order valence-electron chi connectivity index (χ0n) is 16.3. The molecule has 0 atom stereocenters. The van der Waals surface area contributed by atoms with Gasteiger partial charge in [-0.2, -0.15) is 0 Å². The van der Waals surface area contributed by atoms with E-state index < -0.39 is 0 Å². The van der Waals surface area contributed by atoms with Gasteiger partial charge in [-0.05, 0) is 46.4 Å². The van der Waals surface area contributed by atoms with Crippen molar-refractivity contribution in [2.24, 2.45) is 0 Å². The fourth-order valence-corrected chi connectivity index (χ4v) is 3.13. The summed E-state index contributed by atoms with van der Waals surface area (Å²) in [5, 5.41) is 5.98. The van der Waals surface area contributed by atoms with Crippen LogP contribution in [0.2, 0.25) is 0 Å². The molecule has 1 aromatic carbocycles. The van der Waals surface area contributed by atoms with E-state index in [0.717, 1.165) is 23.0 Å². The Labute approximate surface area is 160 Å². The highest BCUT2D eigenvalue weighted by atomic mass is 32.1. The molecule has 142 valence electrons. The third kappa shape index (κ3) is 7.14. The van der Waals surface area contributed by atoms with Crippen molar-refractivity contribution in [3.05, 3.63) is 45.9 Å². The second-order valence-electron chi connectivity index (χ2n) is 7.44.